The summed E-state index contributed by atoms with van der Waals surface area (Å²) in [6.45, 7) is 6.07. The van der Waals surface area contributed by atoms with E-state index in [-0.39, 0.29) is 10.8 Å². The van der Waals surface area contributed by atoms with Gasteiger partial charge in [0.25, 0.3) is 5.56 Å². The second-order valence-electron chi connectivity index (χ2n) is 6.19. The number of aryl methyl sites for hydroxylation is 1. The van der Waals surface area contributed by atoms with Crippen LogP contribution in [0.3, 0.4) is 0 Å². The van der Waals surface area contributed by atoms with Gasteiger partial charge < -0.3 is 0 Å². The predicted octanol–water partition coefficient (Wildman–Crippen LogP) is 4.77. The van der Waals surface area contributed by atoms with E-state index in [2.05, 4.69) is 17.6 Å². The van der Waals surface area contributed by atoms with Crippen molar-refractivity contribution >= 4 is 34.3 Å². The van der Waals surface area contributed by atoms with Crippen molar-refractivity contribution in [3.8, 4) is 6.07 Å². The molecule has 1 heterocycles. The van der Waals surface area contributed by atoms with Crippen LogP contribution in [0, 0.1) is 18.3 Å². The smallest absolute Gasteiger partial charge is 0.262 e. The van der Waals surface area contributed by atoms with E-state index in [1.54, 1.807) is 24.3 Å². The molecule has 2 aromatic carbocycles. The van der Waals surface area contributed by atoms with Gasteiger partial charge in [-0.25, -0.2) is 4.98 Å². The van der Waals surface area contributed by atoms with E-state index in [1.807, 2.05) is 31.2 Å². The largest absolute Gasteiger partial charge is 0.283 e. The molecule has 3 aromatic rings. The minimum absolute atomic E-state index is 0.183. The molecule has 1 aromatic heterocycles. The number of fused-ring (bicyclic) bond motifs is 1. The van der Waals surface area contributed by atoms with Crippen molar-refractivity contribution in [3.63, 3.8) is 0 Å². The van der Waals surface area contributed by atoms with Gasteiger partial charge in [-0.05, 0) is 37.1 Å². The summed E-state index contributed by atoms with van der Waals surface area (Å²) in [6.07, 6.45) is 2.22. The molecule has 0 saturated carbocycles. The van der Waals surface area contributed by atoms with E-state index in [4.69, 9.17) is 11.6 Å². The lowest BCUT2D eigenvalue weighted by Gasteiger charge is -2.14. The van der Waals surface area contributed by atoms with Gasteiger partial charge in [-0.2, -0.15) is 5.26 Å². The minimum Gasteiger partial charge on any atom is -0.283 e. The number of nitriles is 1. The van der Waals surface area contributed by atoms with Gasteiger partial charge in [0, 0.05) is 11.6 Å². The van der Waals surface area contributed by atoms with Crippen molar-refractivity contribution in [2.24, 2.45) is 0 Å². The van der Waals surface area contributed by atoms with Crippen LogP contribution in [0.15, 0.2) is 65.1 Å². The molecule has 0 aliphatic carbocycles. The van der Waals surface area contributed by atoms with Crippen LogP contribution >= 0.6 is 23.4 Å². The topological polar surface area (TPSA) is 58.7 Å². The number of rotatable bonds is 6. The van der Waals surface area contributed by atoms with Gasteiger partial charge in [0.1, 0.15) is 5.25 Å². The number of allylic oxidation sites excluding steroid dienone is 1. The van der Waals surface area contributed by atoms with E-state index in [1.165, 1.54) is 21.9 Å². The molecule has 0 aliphatic heterocycles. The Kier molecular flexibility index (Phi) is 6.00. The maximum Gasteiger partial charge on any atom is 0.262 e. The Morgan fingerprint density at radius 3 is 2.74 bits per heavy atom. The highest BCUT2D eigenvalue weighted by Crippen LogP contribution is 2.26. The van der Waals surface area contributed by atoms with Crippen LogP contribution in [0.4, 0.5) is 0 Å². The molecule has 0 unspecified atom stereocenters. The van der Waals surface area contributed by atoms with Gasteiger partial charge in [-0.3, -0.25) is 9.36 Å². The molecule has 0 spiro atoms. The van der Waals surface area contributed by atoms with Crippen molar-refractivity contribution in [1.82, 2.24) is 9.55 Å². The van der Waals surface area contributed by atoms with E-state index in [0.717, 1.165) is 5.56 Å². The van der Waals surface area contributed by atoms with Crippen molar-refractivity contribution in [2.75, 3.05) is 0 Å². The summed E-state index contributed by atoms with van der Waals surface area (Å²) < 4.78 is 1.54. The molecule has 4 nitrogen and oxygen atoms in total. The van der Waals surface area contributed by atoms with Crippen molar-refractivity contribution in [3.05, 3.63) is 81.6 Å². The molecule has 136 valence electrons. The summed E-state index contributed by atoms with van der Waals surface area (Å²) in [5.41, 5.74) is 2.63. The highest BCUT2D eigenvalue weighted by Gasteiger charge is 2.17. The Balaban J connectivity index is 1.98. The van der Waals surface area contributed by atoms with Crippen molar-refractivity contribution < 1.29 is 0 Å². The van der Waals surface area contributed by atoms with E-state index in [0.29, 0.717) is 34.0 Å². The van der Waals surface area contributed by atoms with Gasteiger partial charge >= 0.3 is 0 Å². The van der Waals surface area contributed by atoms with Crippen LogP contribution in [0.1, 0.15) is 11.1 Å². The SMILES string of the molecule is C=CCn1c(S[C@H](C#N)Cc2ccc(C)cc2)nc2ccc(Cl)cc2c1=O. The van der Waals surface area contributed by atoms with Crippen LogP contribution in [-0.4, -0.2) is 14.8 Å². The highest BCUT2D eigenvalue weighted by molar-refractivity contribution is 8.00. The monoisotopic (exact) mass is 395 g/mol. The maximum atomic E-state index is 12.9. The first-order valence-corrected chi connectivity index (χ1v) is 9.70. The lowest BCUT2D eigenvalue weighted by atomic mass is 10.1. The van der Waals surface area contributed by atoms with Crippen molar-refractivity contribution in [2.45, 2.75) is 30.3 Å². The standard InChI is InChI=1S/C21H18ClN3OS/c1-3-10-25-20(26)18-12-16(22)8-9-19(18)24-21(25)27-17(13-23)11-15-6-4-14(2)5-7-15/h3-9,12,17H,1,10-11H2,2H3/t17-/m0/s1. The number of benzene rings is 2. The molecule has 0 aliphatic rings. The van der Waals surface area contributed by atoms with Gasteiger partial charge in [0.15, 0.2) is 5.16 Å². The van der Waals surface area contributed by atoms with Gasteiger partial charge in [-0.1, -0.05) is 59.3 Å². The number of thioether (sulfide) groups is 1. The summed E-state index contributed by atoms with van der Waals surface area (Å²) in [6, 6.07) is 15.5. The fourth-order valence-electron chi connectivity index (χ4n) is 2.73. The minimum atomic E-state index is -0.361. The third-order valence-electron chi connectivity index (χ3n) is 4.13. The molecular weight excluding hydrogens is 378 g/mol. The molecule has 0 radical (unpaired) electrons. The second-order valence-corrected chi connectivity index (χ2v) is 7.79. The first kappa shape index (κ1) is 19.2. The molecule has 1 atom stereocenters. The molecule has 0 N–H and O–H groups in total. The molecule has 0 bridgehead atoms. The Hall–Kier alpha value is -2.55. The fraction of sp³-hybridized carbons (Fsp3) is 0.190. The normalized spacial score (nSPS) is 11.9. The number of hydrogen-bond acceptors (Lipinski definition) is 4. The predicted molar refractivity (Wildman–Crippen MR) is 111 cm³/mol. The second kappa shape index (κ2) is 8.43. The summed E-state index contributed by atoms with van der Waals surface area (Å²) in [5, 5.41) is 10.7. The molecule has 6 heteroatoms. The Morgan fingerprint density at radius 1 is 1.33 bits per heavy atom. The number of hydrogen-bond donors (Lipinski definition) is 0. The van der Waals surface area contributed by atoms with Crippen molar-refractivity contribution in [1.29, 1.82) is 5.26 Å². The average Bonchev–Trinajstić information content (AvgIpc) is 2.66. The zero-order valence-corrected chi connectivity index (χ0v) is 16.4. The van der Waals surface area contributed by atoms with Crippen LogP contribution in [0.25, 0.3) is 10.9 Å². The van der Waals surface area contributed by atoms with Gasteiger partial charge in [0.05, 0.1) is 17.0 Å². The molecular formula is C21H18ClN3OS. The highest BCUT2D eigenvalue weighted by atomic mass is 35.5. The van der Waals surface area contributed by atoms with Crippen LogP contribution in [-0.2, 0) is 13.0 Å². The van der Waals surface area contributed by atoms with Crippen LogP contribution in [0.2, 0.25) is 5.02 Å². The number of aromatic nitrogens is 2. The van der Waals surface area contributed by atoms with Crippen LogP contribution < -0.4 is 5.56 Å². The van der Waals surface area contributed by atoms with Gasteiger partial charge in [-0.15, -0.1) is 6.58 Å². The summed E-state index contributed by atoms with van der Waals surface area (Å²) >= 11 is 7.32. The zero-order valence-electron chi connectivity index (χ0n) is 14.9. The first-order chi connectivity index (χ1) is 13.0. The number of nitrogens with zero attached hydrogens (tertiary/aromatic N) is 3. The molecule has 3 rings (SSSR count). The third-order valence-corrected chi connectivity index (χ3v) is 5.44. The lowest BCUT2D eigenvalue weighted by molar-refractivity contribution is 0.670. The Labute approximate surface area is 167 Å². The Bertz CT molecular complexity index is 1080. The molecule has 0 amide bonds. The van der Waals surface area contributed by atoms with Gasteiger partial charge in [0.2, 0.25) is 0 Å². The lowest BCUT2D eigenvalue weighted by Crippen LogP contribution is -2.23. The Morgan fingerprint density at radius 2 is 2.07 bits per heavy atom. The van der Waals surface area contributed by atoms with E-state index >= 15 is 0 Å². The average molecular weight is 396 g/mol. The molecule has 27 heavy (non-hydrogen) atoms. The number of halogens is 1. The van der Waals surface area contributed by atoms with E-state index in [9.17, 15) is 10.1 Å². The third kappa shape index (κ3) is 4.41. The molecule has 0 fully saturated rings. The van der Waals surface area contributed by atoms with E-state index < -0.39 is 0 Å². The summed E-state index contributed by atoms with van der Waals surface area (Å²) in [5.74, 6) is 0. The summed E-state index contributed by atoms with van der Waals surface area (Å²) in [4.78, 5) is 17.5. The fourth-order valence-corrected chi connectivity index (χ4v) is 3.92. The quantitative estimate of drug-likeness (QED) is 0.342. The zero-order chi connectivity index (χ0) is 19.4. The maximum absolute atomic E-state index is 12.9. The van der Waals surface area contributed by atoms with Crippen LogP contribution in [0.5, 0.6) is 0 Å². The first-order valence-electron chi connectivity index (χ1n) is 8.44. The molecule has 0 saturated heterocycles. The summed E-state index contributed by atoms with van der Waals surface area (Å²) in [7, 11) is 0.